The first-order chi connectivity index (χ1) is 12.2. The van der Waals surface area contributed by atoms with Crippen molar-refractivity contribution in [2.75, 3.05) is 0 Å². The number of halogens is 4. The van der Waals surface area contributed by atoms with Gasteiger partial charge in [-0.15, -0.1) is 0 Å². The maximum atomic E-state index is 14.4. The molecule has 1 aromatic carbocycles. The monoisotopic (exact) mass is 369 g/mol. The molecule has 2 rings (SSSR count). The summed E-state index contributed by atoms with van der Waals surface area (Å²) < 4.78 is 59.2. The molecule has 0 radical (unpaired) electrons. The zero-order chi connectivity index (χ0) is 19.4. The molecule has 3 N–H and O–H groups in total. The van der Waals surface area contributed by atoms with Crippen LogP contribution in [-0.4, -0.2) is 23.5 Å². The van der Waals surface area contributed by atoms with E-state index in [0.717, 1.165) is 0 Å². The Morgan fingerprint density at radius 2 is 1.92 bits per heavy atom. The van der Waals surface area contributed by atoms with Crippen LogP contribution in [-0.2, 0) is 4.74 Å². The van der Waals surface area contributed by atoms with Crippen LogP contribution >= 0.6 is 0 Å². The van der Waals surface area contributed by atoms with Crippen LogP contribution in [0.3, 0.4) is 0 Å². The minimum Gasteiger partial charge on any atom is -0.456 e. The number of ether oxygens (including phenoxy) is 1. The quantitative estimate of drug-likeness (QED) is 0.451. The second-order valence-electron chi connectivity index (χ2n) is 6.04. The molecule has 0 saturated heterocycles. The Kier molecular flexibility index (Phi) is 6.18. The van der Waals surface area contributed by atoms with Crippen molar-refractivity contribution in [1.82, 2.24) is 4.98 Å². The molecule has 0 aliphatic rings. The Bertz CT molecular complexity index is 798. The van der Waals surface area contributed by atoms with E-state index in [1.807, 2.05) is 0 Å². The topological polar surface area (TPSA) is 72.0 Å². The van der Waals surface area contributed by atoms with Gasteiger partial charge in [0.05, 0.1) is 0 Å². The van der Waals surface area contributed by atoms with Crippen molar-refractivity contribution >= 4 is 6.02 Å². The summed E-state index contributed by atoms with van der Waals surface area (Å²) in [7, 11) is 0. The maximum Gasteiger partial charge on any atom is 0.279 e. The number of amidine groups is 1. The molecule has 0 bridgehead atoms. The molecule has 1 heterocycles. The number of nitrogens with zero attached hydrogens (tertiary/aromatic N) is 1. The highest BCUT2D eigenvalue weighted by Crippen LogP contribution is 2.33. The van der Waals surface area contributed by atoms with Gasteiger partial charge in [0.2, 0.25) is 0 Å². The molecule has 0 aliphatic heterocycles. The van der Waals surface area contributed by atoms with Gasteiger partial charge in [-0.2, -0.15) is 0 Å². The number of aryl methyl sites for hydroxylation is 1. The lowest BCUT2D eigenvalue weighted by molar-refractivity contribution is -0.00484. The van der Waals surface area contributed by atoms with Crippen molar-refractivity contribution in [3.05, 3.63) is 53.4 Å². The van der Waals surface area contributed by atoms with Gasteiger partial charge in [0.15, 0.2) is 6.10 Å². The number of pyridine rings is 1. The van der Waals surface area contributed by atoms with E-state index in [1.165, 1.54) is 30.6 Å². The van der Waals surface area contributed by atoms with Gasteiger partial charge in [-0.25, -0.2) is 17.6 Å². The van der Waals surface area contributed by atoms with E-state index in [-0.39, 0.29) is 17.5 Å². The SMILES string of the molecule is Cc1cc(F)c([C@H](C)C[C@H](OC(=N)N)C(F)F)cc1-c1cnccc1F. The highest BCUT2D eigenvalue weighted by Gasteiger charge is 2.27. The van der Waals surface area contributed by atoms with Crippen LogP contribution in [0.2, 0.25) is 0 Å². The lowest BCUT2D eigenvalue weighted by Gasteiger charge is -2.22. The molecule has 0 unspecified atom stereocenters. The predicted octanol–water partition coefficient (Wildman–Crippen LogP) is 4.37. The predicted molar refractivity (Wildman–Crippen MR) is 90.1 cm³/mol. The fourth-order valence-electron chi connectivity index (χ4n) is 2.77. The van der Waals surface area contributed by atoms with Crippen molar-refractivity contribution in [3.63, 3.8) is 0 Å². The van der Waals surface area contributed by atoms with Crippen LogP contribution in [0.5, 0.6) is 0 Å². The van der Waals surface area contributed by atoms with Crippen molar-refractivity contribution in [1.29, 1.82) is 5.41 Å². The van der Waals surface area contributed by atoms with Gasteiger partial charge in [0, 0.05) is 18.0 Å². The van der Waals surface area contributed by atoms with Crippen molar-refractivity contribution in [2.45, 2.75) is 38.7 Å². The molecule has 8 heteroatoms. The van der Waals surface area contributed by atoms with Gasteiger partial charge < -0.3 is 10.5 Å². The lowest BCUT2D eigenvalue weighted by atomic mass is 9.90. The number of alkyl halides is 2. The van der Waals surface area contributed by atoms with Gasteiger partial charge in [0.1, 0.15) is 11.6 Å². The number of nitrogens with one attached hydrogen (secondary N) is 1. The standard InChI is InChI=1S/C18H19F4N3O/c1-9-5-15(20)12(7-11(9)13-8-25-4-3-14(13)19)10(2)6-16(17(21)22)26-18(23)24/h3-5,7-8,10,16-17H,6H2,1-2H3,(H3,23,24)/t10-,16+/m1/s1. The Balaban J connectivity index is 2.38. The summed E-state index contributed by atoms with van der Waals surface area (Å²) in [6.07, 6.45) is -2.16. The summed E-state index contributed by atoms with van der Waals surface area (Å²) in [5, 5.41) is 7.01. The minimum atomic E-state index is -2.88. The summed E-state index contributed by atoms with van der Waals surface area (Å²) in [4.78, 5) is 3.87. The molecular formula is C18H19F4N3O. The van der Waals surface area contributed by atoms with Crippen LogP contribution < -0.4 is 5.73 Å². The Hall–Kier alpha value is -2.64. The number of hydrogen-bond acceptors (Lipinski definition) is 3. The van der Waals surface area contributed by atoms with Crippen molar-refractivity contribution in [3.8, 4) is 11.1 Å². The third-order valence-corrected chi connectivity index (χ3v) is 4.08. The van der Waals surface area contributed by atoms with E-state index < -0.39 is 36.1 Å². The maximum absolute atomic E-state index is 14.4. The first kappa shape index (κ1) is 19.7. The van der Waals surface area contributed by atoms with E-state index in [1.54, 1.807) is 13.8 Å². The van der Waals surface area contributed by atoms with Gasteiger partial charge in [-0.3, -0.25) is 10.4 Å². The highest BCUT2D eigenvalue weighted by atomic mass is 19.3. The zero-order valence-corrected chi connectivity index (χ0v) is 14.3. The Morgan fingerprint density at radius 1 is 1.23 bits per heavy atom. The Morgan fingerprint density at radius 3 is 2.50 bits per heavy atom. The number of benzene rings is 1. The molecule has 0 aliphatic carbocycles. The van der Waals surface area contributed by atoms with Crippen LogP contribution in [0.15, 0.2) is 30.6 Å². The molecule has 0 fully saturated rings. The van der Waals surface area contributed by atoms with E-state index in [0.29, 0.717) is 11.1 Å². The van der Waals surface area contributed by atoms with E-state index in [2.05, 4.69) is 9.72 Å². The molecule has 26 heavy (non-hydrogen) atoms. The number of hydrogen-bond donors (Lipinski definition) is 2. The van der Waals surface area contributed by atoms with Crippen molar-refractivity contribution in [2.24, 2.45) is 5.73 Å². The number of aromatic nitrogens is 1. The van der Waals surface area contributed by atoms with Gasteiger partial charge in [0.25, 0.3) is 12.4 Å². The van der Waals surface area contributed by atoms with Crippen LogP contribution in [0.4, 0.5) is 17.6 Å². The molecule has 2 atom stereocenters. The molecule has 0 amide bonds. The molecular weight excluding hydrogens is 350 g/mol. The first-order valence-corrected chi connectivity index (χ1v) is 7.89. The molecule has 0 spiro atoms. The molecule has 140 valence electrons. The fraction of sp³-hybridized carbons (Fsp3) is 0.333. The second kappa shape index (κ2) is 8.16. The van der Waals surface area contributed by atoms with E-state index >= 15 is 0 Å². The summed E-state index contributed by atoms with van der Waals surface area (Å²) in [6, 6.07) is 3.03. The average Bonchev–Trinajstić information content (AvgIpc) is 2.54. The minimum absolute atomic E-state index is 0.145. The van der Waals surface area contributed by atoms with E-state index in [4.69, 9.17) is 11.1 Å². The summed E-state index contributed by atoms with van der Waals surface area (Å²) in [6.45, 7) is 3.18. The van der Waals surface area contributed by atoms with Crippen LogP contribution in [0.1, 0.15) is 30.4 Å². The van der Waals surface area contributed by atoms with Gasteiger partial charge in [-0.1, -0.05) is 6.92 Å². The third-order valence-electron chi connectivity index (χ3n) is 4.08. The number of nitrogens with two attached hydrogens (primary N) is 1. The molecule has 0 saturated carbocycles. The van der Waals surface area contributed by atoms with Gasteiger partial charge in [-0.05, 0) is 54.2 Å². The first-order valence-electron chi connectivity index (χ1n) is 7.89. The number of rotatable bonds is 6. The van der Waals surface area contributed by atoms with Gasteiger partial charge >= 0.3 is 0 Å². The summed E-state index contributed by atoms with van der Waals surface area (Å²) in [5.74, 6) is -1.77. The highest BCUT2D eigenvalue weighted by molar-refractivity contribution is 5.68. The lowest BCUT2D eigenvalue weighted by Crippen LogP contribution is -2.30. The Labute approximate surface area is 148 Å². The molecule has 1 aromatic heterocycles. The van der Waals surface area contributed by atoms with Crippen LogP contribution in [0, 0.1) is 24.0 Å². The summed E-state index contributed by atoms with van der Waals surface area (Å²) in [5.41, 5.74) is 6.29. The second-order valence-corrected chi connectivity index (χ2v) is 6.04. The molecule has 4 nitrogen and oxygen atoms in total. The molecule has 2 aromatic rings. The smallest absolute Gasteiger partial charge is 0.279 e. The third kappa shape index (κ3) is 4.50. The van der Waals surface area contributed by atoms with E-state index in [9.17, 15) is 17.6 Å². The fourth-order valence-corrected chi connectivity index (χ4v) is 2.77. The average molecular weight is 369 g/mol. The zero-order valence-electron chi connectivity index (χ0n) is 14.3. The normalized spacial score (nSPS) is 13.5. The summed E-state index contributed by atoms with van der Waals surface area (Å²) >= 11 is 0. The van der Waals surface area contributed by atoms with Crippen molar-refractivity contribution < 1.29 is 22.3 Å². The largest absolute Gasteiger partial charge is 0.456 e. The van der Waals surface area contributed by atoms with Crippen LogP contribution in [0.25, 0.3) is 11.1 Å².